The fraction of sp³-hybridized carbons (Fsp3) is 0.333. The van der Waals surface area contributed by atoms with E-state index in [9.17, 15) is 17.6 Å². The van der Waals surface area contributed by atoms with Gasteiger partial charge in [0.1, 0.15) is 5.82 Å². The van der Waals surface area contributed by atoms with Gasteiger partial charge >= 0.3 is 0 Å². The molecule has 0 spiro atoms. The number of rotatable bonds is 3. The monoisotopic (exact) mass is 415 g/mol. The molecule has 0 saturated carbocycles. The quantitative estimate of drug-likeness (QED) is 0.659. The Morgan fingerprint density at radius 2 is 1.79 bits per heavy atom. The van der Waals surface area contributed by atoms with E-state index in [4.69, 9.17) is 0 Å². The first-order valence-electron chi connectivity index (χ1n) is 9.51. The highest BCUT2D eigenvalue weighted by Crippen LogP contribution is 2.28. The maximum Gasteiger partial charge on any atom is 0.261 e. The van der Waals surface area contributed by atoms with Gasteiger partial charge in [0.2, 0.25) is 10.0 Å². The van der Waals surface area contributed by atoms with Crippen LogP contribution in [0.25, 0.3) is 10.9 Å². The van der Waals surface area contributed by atoms with Crippen LogP contribution in [0, 0.1) is 19.7 Å². The summed E-state index contributed by atoms with van der Waals surface area (Å²) in [6, 6.07) is 9.10. The van der Waals surface area contributed by atoms with Gasteiger partial charge in [0.15, 0.2) is 0 Å². The van der Waals surface area contributed by atoms with Gasteiger partial charge in [0, 0.05) is 25.2 Å². The summed E-state index contributed by atoms with van der Waals surface area (Å²) in [5.41, 5.74) is 1.84. The summed E-state index contributed by atoms with van der Waals surface area (Å²) in [5, 5.41) is 0.360. The van der Waals surface area contributed by atoms with Crippen LogP contribution in [-0.2, 0) is 10.0 Å². The molecule has 4 rings (SSSR count). The van der Waals surface area contributed by atoms with E-state index in [1.54, 1.807) is 23.6 Å². The van der Waals surface area contributed by atoms with Crippen LogP contribution in [0.15, 0.2) is 52.4 Å². The lowest BCUT2D eigenvalue weighted by Crippen LogP contribution is -2.41. The van der Waals surface area contributed by atoms with Gasteiger partial charge in [-0.2, -0.15) is 4.31 Å². The fourth-order valence-corrected chi connectivity index (χ4v) is 5.63. The third-order valence-electron chi connectivity index (χ3n) is 5.51. The Bertz CT molecular complexity index is 1250. The molecule has 0 amide bonds. The first-order valence-corrected chi connectivity index (χ1v) is 11.0. The molecule has 0 unspecified atom stereocenters. The molecule has 3 aromatic rings. The molecule has 1 aromatic heterocycles. The number of halogens is 1. The lowest BCUT2D eigenvalue weighted by Gasteiger charge is -2.32. The van der Waals surface area contributed by atoms with Crippen LogP contribution in [-0.4, -0.2) is 35.4 Å². The van der Waals surface area contributed by atoms with Gasteiger partial charge in [0.25, 0.3) is 5.56 Å². The molecule has 0 atom stereocenters. The molecule has 0 bridgehead atoms. The number of aryl methyl sites for hydroxylation is 2. The van der Waals surface area contributed by atoms with Crippen molar-refractivity contribution in [2.45, 2.75) is 37.6 Å². The Labute approximate surface area is 168 Å². The van der Waals surface area contributed by atoms with E-state index in [-0.39, 0.29) is 11.6 Å². The van der Waals surface area contributed by atoms with Crippen molar-refractivity contribution in [2.24, 2.45) is 0 Å². The molecule has 1 saturated heterocycles. The number of hydrogen-bond donors (Lipinski definition) is 0. The Morgan fingerprint density at radius 3 is 2.48 bits per heavy atom. The number of hydrogen-bond acceptors (Lipinski definition) is 4. The maximum atomic E-state index is 13.4. The van der Waals surface area contributed by atoms with Crippen LogP contribution < -0.4 is 5.56 Å². The van der Waals surface area contributed by atoms with Gasteiger partial charge in [-0.25, -0.2) is 17.8 Å². The summed E-state index contributed by atoms with van der Waals surface area (Å²) in [6.45, 7) is 4.39. The van der Waals surface area contributed by atoms with E-state index in [0.717, 1.165) is 11.1 Å². The summed E-state index contributed by atoms with van der Waals surface area (Å²) in [4.78, 5) is 17.3. The predicted octanol–water partition coefficient (Wildman–Crippen LogP) is 3.18. The van der Waals surface area contributed by atoms with Gasteiger partial charge in [-0.15, -0.1) is 0 Å². The minimum Gasteiger partial charge on any atom is -0.296 e. The molecule has 0 radical (unpaired) electrons. The summed E-state index contributed by atoms with van der Waals surface area (Å²) >= 11 is 0. The zero-order valence-electron chi connectivity index (χ0n) is 16.3. The number of fused-ring (bicyclic) bond motifs is 1. The number of sulfonamides is 1. The predicted molar refractivity (Wildman–Crippen MR) is 109 cm³/mol. The van der Waals surface area contributed by atoms with Crippen molar-refractivity contribution in [1.82, 2.24) is 13.9 Å². The SMILES string of the molecule is Cc1ccc(S(=O)(=O)N2CCC(n3cnc4cc(F)ccc4c3=O)CC2)c(C)c1. The van der Waals surface area contributed by atoms with Crippen molar-refractivity contribution in [3.05, 3.63) is 70.0 Å². The first kappa shape index (κ1) is 19.7. The summed E-state index contributed by atoms with van der Waals surface area (Å²) < 4.78 is 42.5. The summed E-state index contributed by atoms with van der Waals surface area (Å²) in [5.74, 6) is -0.438. The number of aromatic nitrogens is 2. The minimum atomic E-state index is -3.58. The second-order valence-corrected chi connectivity index (χ2v) is 9.43. The van der Waals surface area contributed by atoms with Gasteiger partial charge in [-0.1, -0.05) is 17.7 Å². The lowest BCUT2D eigenvalue weighted by atomic mass is 10.1. The summed E-state index contributed by atoms with van der Waals surface area (Å²) in [6.07, 6.45) is 2.46. The molecule has 2 aromatic carbocycles. The number of nitrogens with zero attached hydrogens (tertiary/aromatic N) is 3. The van der Waals surface area contributed by atoms with Crippen LogP contribution in [0.1, 0.15) is 30.0 Å². The van der Waals surface area contributed by atoms with Crippen LogP contribution in [0.4, 0.5) is 4.39 Å². The molecule has 1 aliphatic heterocycles. The highest BCUT2D eigenvalue weighted by Gasteiger charge is 2.31. The third kappa shape index (κ3) is 3.58. The van der Waals surface area contributed by atoms with Crippen LogP contribution in [0.3, 0.4) is 0 Å². The van der Waals surface area contributed by atoms with Gasteiger partial charge < -0.3 is 0 Å². The second-order valence-electron chi connectivity index (χ2n) is 7.52. The Kier molecular flexibility index (Phi) is 5.00. The lowest BCUT2D eigenvalue weighted by molar-refractivity contribution is 0.269. The molecular formula is C21H22FN3O3S. The second kappa shape index (κ2) is 7.35. The summed E-state index contributed by atoms with van der Waals surface area (Å²) in [7, 11) is -3.58. The van der Waals surface area contributed by atoms with E-state index in [1.165, 1.54) is 28.8 Å². The smallest absolute Gasteiger partial charge is 0.261 e. The maximum absolute atomic E-state index is 13.4. The van der Waals surface area contributed by atoms with E-state index in [1.807, 2.05) is 13.0 Å². The van der Waals surface area contributed by atoms with Crippen molar-refractivity contribution in [2.75, 3.05) is 13.1 Å². The van der Waals surface area contributed by atoms with Crippen LogP contribution in [0.5, 0.6) is 0 Å². The Balaban J connectivity index is 1.57. The van der Waals surface area contributed by atoms with Gasteiger partial charge in [-0.05, 0) is 50.5 Å². The van der Waals surface area contributed by atoms with E-state index < -0.39 is 15.8 Å². The van der Waals surface area contributed by atoms with Gasteiger partial charge in [-0.3, -0.25) is 9.36 Å². The molecule has 1 aliphatic rings. The van der Waals surface area contributed by atoms with Crippen molar-refractivity contribution in [1.29, 1.82) is 0 Å². The van der Waals surface area contributed by atoms with Gasteiger partial charge in [0.05, 0.1) is 22.1 Å². The zero-order chi connectivity index (χ0) is 20.8. The van der Waals surface area contributed by atoms with Crippen LogP contribution >= 0.6 is 0 Å². The van der Waals surface area contributed by atoms with Crippen LogP contribution in [0.2, 0.25) is 0 Å². The average molecular weight is 415 g/mol. The van der Waals surface area contributed by atoms with Crippen molar-refractivity contribution < 1.29 is 12.8 Å². The van der Waals surface area contributed by atoms with Crippen molar-refractivity contribution in [3.63, 3.8) is 0 Å². The molecule has 1 fully saturated rings. The topological polar surface area (TPSA) is 72.3 Å². The molecule has 0 aliphatic carbocycles. The highest BCUT2D eigenvalue weighted by atomic mass is 32.2. The molecule has 29 heavy (non-hydrogen) atoms. The van der Waals surface area contributed by atoms with E-state index in [2.05, 4.69) is 4.98 Å². The number of benzene rings is 2. The Hall–Kier alpha value is -2.58. The molecule has 6 nitrogen and oxygen atoms in total. The van der Waals surface area contributed by atoms with Crippen molar-refractivity contribution in [3.8, 4) is 0 Å². The molecule has 152 valence electrons. The molecule has 0 N–H and O–H groups in total. The minimum absolute atomic E-state index is 0.144. The van der Waals surface area contributed by atoms with Crippen molar-refractivity contribution >= 4 is 20.9 Å². The third-order valence-corrected chi connectivity index (χ3v) is 7.57. The number of piperidine rings is 1. The van der Waals surface area contributed by atoms with E-state index >= 15 is 0 Å². The molecule has 8 heteroatoms. The van der Waals surface area contributed by atoms with E-state index in [0.29, 0.717) is 41.7 Å². The Morgan fingerprint density at radius 1 is 1.07 bits per heavy atom. The largest absolute Gasteiger partial charge is 0.296 e. The normalized spacial score (nSPS) is 16.4. The fourth-order valence-electron chi connectivity index (χ4n) is 3.96. The standard InChI is InChI=1S/C21H22FN3O3S/c1-14-3-6-20(15(2)11-14)29(27,28)24-9-7-17(8-10-24)25-13-23-19-12-16(22)4-5-18(19)21(25)26/h3-6,11-13,17H,7-10H2,1-2H3. The molecular weight excluding hydrogens is 393 g/mol. The average Bonchev–Trinajstić information content (AvgIpc) is 2.68. The zero-order valence-corrected chi connectivity index (χ0v) is 17.1. The molecule has 2 heterocycles. The highest BCUT2D eigenvalue weighted by molar-refractivity contribution is 7.89. The first-order chi connectivity index (χ1) is 13.8.